The van der Waals surface area contributed by atoms with Gasteiger partial charge >= 0.3 is 12.1 Å². The van der Waals surface area contributed by atoms with Crippen molar-refractivity contribution in [3.05, 3.63) is 18.2 Å². The molecular formula is C16H16F3N3O5. The summed E-state index contributed by atoms with van der Waals surface area (Å²) >= 11 is 0. The number of hydrogen-bond donors (Lipinski definition) is 2. The van der Waals surface area contributed by atoms with Gasteiger partial charge in [0.2, 0.25) is 18.6 Å². The quantitative estimate of drug-likeness (QED) is 0.804. The molecule has 2 heterocycles. The normalized spacial score (nSPS) is 18.3. The largest absolute Gasteiger partial charge is 0.471 e. The highest BCUT2D eigenvalue weighted by Crippen LogP contribution is 2.34. The van der Waals surface area contributed by atoms with Crippen LogP contribution in [-0.4, -0.2) is 54.7 Å². The molecule has 1 aromatic carbocycles. The standard InChI is InChI=1S/C16H16F3N3O5/c17-16(18,19)15(25)22-5-1-2-10(22)14(24)20-7-13(23)21-9-3-4-11-12(6-9)27-8-26-11/h3-4,6,10H,1-2,5,7-8H2,(H,20,24)(H,21,23). The van der Waals surface area contributed by atoms with E-state index >= 15 is 0 Å². The van der Waals surface area contributed by atoms with Gasteiger partial charge in [-0.05, 0) is 25.0 Å². The summed E-state index contributed by atoms with van der Waals surface area (Å²) in [4.78, 5) is 35.9. The van der Waals surface area contributed by atoms with Gasteiger partial charge in [0, 0.05) is 18.3 Å². The van der Waals surface area contributed by atoms with E-state index in [1.165, 1.54) is 0 Å². The highest BCUT2D eigenvalue weighted by Gasteiger charge is 2.47. The molecule has 0 radical (unpaired) electrons. The van der Waals surface area contributed by atoms with Gasteiger partial charge in [-0.1, -0.05) is 0 Å². The Hall–Kier alpha value is -2.98. The molecule has 0 spiro atoms. The summed E-state index contributed by atoms with van der Waals surface area (Å²) in [5.74, 6) is -2.43. The number of nitrogens with one attached hydrogen (secondary N) is 2. The van der Waals surface area contributed by atoms with Crippen LogP contribution in [0.1, 0.15) is 12.8 Å². The molecule has 27 heavy (non-hydrogen) atoms. The molecule has 0 aromatic heterocycles. The maximum absolute atomic E-state index is 12.6. The topological polar surface area (TPSA) is 97.0 Å². The van der Waals surface area contributed by atoms with Crippen LogP contribution in [0.15, 0.2) is 18.2 Å². The molecule has 0 bridgehead atoms. The lowest BCUT2D eigenvalue weighted by molar-refractivity contribution is -0.186. The van der Waals surface area contributed by atoms with Crippen LogP contribution in [0.5, 0.6) is 11.5 Å². The van der Waals surface area contributed by atoms with Gasteiger partial charge in [-0.3, -0.25) is 14.4 Å². The highest BCUT2D eigenvalue weighted by molar-refractivity contribution is 5.96. The van der Waals surface area contributed by atoms with E-state index in [4.69, 9.17) is 9.47 Å². The Kier molecular flexibility index (Phi) is 5.10. The zero-order valence-corrected chi connectivity index (χ0v) is 14.0. The number of fused-ring (bicyclic) bond motifs is 1. The van der Waals surface area contributed by atoms with Crippen LogP contribution in [0.4, 0.5) is 18.9 Å². The lowest BCUT2D eigenvalue weighted by Crippen LogP contribution is -2.51. The van der Waals surface area contributed by atoms with Gasteiger partial charge in [0.1, 0.15) is 6.04 Å². The van der Waals surface area contributed by atoms with Crippen LogP contribution >= 0.6 is 0 Å². The number of carbonyl (C=O) groups is 3. The summed E-state index contributed by atoms with van der Waals surface area (Å²) in [7, 11) is 0. The van der Waals surface area contributed by atoms with E-state index in [0.717, 1.165) is 0 Å². The van der Waals surface area contributed by atoms with Crippen LogP contribution in [-0.2, 0) is 14.4 Å². The maximum atomic E-state index is 12.6. The van der Waals surface area contributed by atoms with Gasteiger partial charge in [0.25, 0.3) is 0 Å². The number of likely N-dealkylation sites (tertiary alicyclic amines) is 1. The molecule has 11 heteroatoms. The van der Waals surface area contributed by atoms with Crippen molar-refractivity contribution in [2.45, 2.75) is 25.1 Å². The van der Waals surface area contributed by atoms with Gasteiger partial charge in [-0.25, -0.2) is 0 Å². The average molecular weight is 387 g/mol. The van der Waals surface area contributed by atoms with Crippen molar-refractivity contribution in [2.24, 2.45) is 0 Å². The first-order valence-electron chi connectivity index (χ1n) is 8.11. The number of amides is 3. The summed E-state index contributed by atoms with van der Waals surface area (Å²) in [5.41, 5.74) is 0.410. The zero-order valence-electron chi connectivity index (χ0n) is 14.0. The lowest BCUT2D eigenvalue weighted by Gasteiger charge is -2.24. The second-order valence-corrected chi connectivity index (χ2v) is 5.99. The maximum Gasteiger partial charge on any atom is 0.471 e. The van der Waals surface area contributed by atoms with E-state index in [-0.39, 0.29) is 26.2 Å². The zero-order chi connectivity index (χ0) is 19.6. The van der Waals surface area contributed by atoms with Crippen molar-refractivity contribution >= 4 is 23.4 Å². The predicted octanol–water partition coefficient (Wildman–Crippen LogP) is 1.02. The van der Waals surface area contributed by atoms with E-state index in [2.05, 4.69) is 10.6 Å². The van der Waals surface area contributed by atoms with Crippen molar-refractivity contribution in [3.63, 3.8) is 0 Å². The summed E-state index contributed by atoms with van der Waals surface area (Å²) in [6, 6.07) is 3.49. The molecule has 2 aliphatic heterocycles. The monoisotopic (exact) mass is 387 g/mol. The predicted molar refractivity (Wildman–Crippen MR) is 85.0 cm³/mol. The van der Waals surface area contributed by atoms with E-state index in [9.17, 15) is 27.6 Å². The second kappa shape index (κ2) is 7.33. The van der Waals surface area contributed by atoms with Gasteiger partial charge in [-0.15, -0.1) is 0 Å². The number of carbonyl (C=O) groups excluding carboxylic acids is 3. The lowest BCUT2D eigenvalue weighted by atomic mass is 10.2. The smallest absolute Gasteiger partial charge is 0.454 e. The Labute approximate surface area is 151 Å². The molecular weight excluding hydrogens is 371 g/mol. The molecule has 3 amide bonds. The van der Waals surface area contributed by atoms with E-state index in [1.807, 2.05) is 0 Å². The Bertz CT molecular complexity index is 768. The van der Waals surface area contributed by atoms with E-state index < -0.39 is 36.5 Å². The third-order valence-electron chi connectivity index (χ3n) is 4.14. The number of alkyl halides is 3. The summed E-state index contributed by atoms with van der Waals surface area (Å²) in [6.07, 6.45) is -4.65. The summed E-state index contributed by atoms with van der Waals surface area (Å²) < 4.78 is 48.1. The average Bonchev–Trinajstić information content (AvgIpc) is 3.26. The number of benzene rings is 1. The minimum absolute atomic E-state index is 0.0807. The van der Waals surface area contributed by atoms with Gasteiger partial charge in [0.05, 0.1) is 6.54 Å². The van der Waals surface area contributed by atoms with Crippen LogP contribution in [0.2, 0.25) is 0 Å². The fourth-order valence-electron chi connectivity index (χ4n) is 2.91. The minimum atomic E-state index is -5.04. The molecule has 0 saturated carbocycles. The molecule has 2 N–H and O–H groups in total. The Morgan fingerprint density at radius 1 is 1.19 bits per heavy atom. The second-order valence-electron chi connectivity index (χ2n) is 5.99. The third-order valence-corrected chi connectivity index (χ3v) is 4.14. The van der Waals surface area contributed by atoms with Crippen molar-refractivity contribution in [2.75, 3.05) is 25.2 Å². The van der Waals surface area contributed by atoms with Crippen LogP contribution in [0.3, 0.4) is 0 Å². The Morgan fingerprint density at radius 3 is 2.67 bits per heavy atom. The third kappa shape index (κ3) is 4.23. The molecule has 3 rings (SSSR count). The number of rotatable bonds is 4. The minimum Gasteiger partial charge on any atom is -0.454 e. The van der Waals surface area contributed by atoms with E-state index in [1.54, 1.807) is 18.2 Å². The molecule has 146 valence electrons. The molecule has 1 saturated heterocycles. The summed E-state index contributed by atoms with van der Waals surface area (Å²) in [6.45, 7) is -0.519. The van der Waals surface area contributed by atoms with E-state index in [0.29, 0.717) is 22.1 Å². The molecule has 1 aromatic rings. The molecule has 2 aliphatic rings. The molecule has 8 nitrogen and oxygen atoms in total. The SMILES string of the molecule is O=C(CNC(=O)C1CCCN1C(=O)C(F)(F)F)Nc1ccc2c(c1)OCO2. The van der Waals surface area contributed by atoms with Crippen molar-refractivity contribution in [3.8, 4) is 11.5 Å². The number of anilines is 1. The number of hydrogen-bond acceptors (Lipinski definition) is 5. The summed E-state index contributed by atoms with van der Waals surface area (Å²) in [5, 5.41) is 4.79. The van der Waals surface area contributed by atoms with Crippen molar-refractivity contribution in [1.29, 1.82) is 0 Å². The van der Waals surface area contributed by atoms with Crippen LogP contribution in [0, 0.1) is 0 Å². The molecule has 0 aliphatic carbocycles. The number of nitrogens with zero attached hydrogens (tertiary/aromatic N) is 1. The first kappa shape index (κ1) is 18.8. The fourth-order valence-corrected chi connectivity index (χ4v) is 2.91. The molecule has 1 fully saturated rings. The van der Waals surface area contributed by atoms with Crippen LogP contribution in [0.25, 0.3) is 0 Å². The number of halogens is 3. The molecule has 1 unspecified atom stereocenters. The van der Waals surface area contributed by atoms with Crippen molar-refractivity contribution in [1.82, 2.24) is 10.2 Å². The van der Waals surface area contributed by atoms with Gasteiger partial charge in [0.15, 0.2) is 11.5 Å². The first-order valence-corrected chi connectivity index (χ1v) is 8.11. The highest BCUT2D eigenvalue weighted by atomic mass is 19.4. The van der Waals surface area contributed by atoms with Gasteiger partial charge in [-0.2, -0.15) is 13.2 Å². The molecule has 1 atom stereocenters. The first-order chi connectivity index (χ1) is 12.8. The fraction of sp³-hybridized carbons (Fsp3) is 0.438. The Balaban J connectivity index is 1.52. The van der Waals surface area contributed by atoms with Gasteiger partial charge < -0.3 is 25.0 Å². The van der Waals surface area contributed by atoms with Crippen molar-refractivity contribution < 1.29 is 37.0 Å². The Morgan fingerprint density at radius 2 is 1.93 bits per heavy atom. The number of ether oxygens (including phenoxy) is 2. The van der Waals surface area contributed by atoms with Crippen LogP contribution < -0.4 is 20.1 Å².